The van der Waals surface area contributed by atoms with Gasteiger partial charge in [0, 0.05) is 42.3 Å². The molecule has 0 aliphatic rings. The fourth-order valence-corrected chi connectivity index (χ4v) is 2.45. The van der Waals surface area contributed by atoms with E-state index >= 15 is 0 Å². The van der Waals surface area contributed by atoms with Crippen molar-refractivity contribution < 1.29 is 0 Å². The molecule has 0 atom stereocenters. The second-order valence-electron chi connectivity index (χ2n) is 4.61. The number of aromatic nitrogens is 3. The summed E-state index contributed by atoms with van der Waals surface area (Å²) in [6, 6.07) is 10.3. The summed E-state index contributed by atoms with van der Waals surface area (Å²) < 4.78 is 3.89. The lowest BCUT2D eigenvalue weighted by atomic mass is 10.1. The summed E-state index contributed by atoms with van der Waals surface area (Å²) in [5.41, 5.74) is 10.4. The maximum atomic E-state index is 5.87. The molecule has 0 spiro atoms. The third-order valence-corrected chi connectivity index (χ3v) is 3.57. The highest BCUT2D eigenvalue weighted by molar-refractivity contribution is 5.97. The Bertz CT molecular complexity index is 714. The van der Waals surface area contributed by atoms with Crippen LogP contribution in [0, 0.1) is 6.92 Å². The van der Waals surface area contributed by atoms with E-state index in [1.807, 2.05) is 13.1 Å². The largest absolute Gasteiger partial charge is 0.384 e. The van der Waals surface area contributed by atoms with Gasteiger partial charge in [-0.1, -0.05) is 18.2 Å². The van der Waals surface area contributed by atoms with Gasteiger partial charge in [-0.05, 0) is 13.0 Å². The zero-order valence-corrected chi connectivity index (χ0v) is 10.8. The molecule has 3 rings (SSSR count). The lowest BCUT2D eigenvalue weighted by molar-refractivity contribution is 0.782. The number of fused-ring (bicyclic) bond motifs is 1. The van der Waals surface area contributed by atoms with E-state index in [2.05, 4.69) is 47.9 Å². The van der Waals surface area contributed by atoms with Crippen molar-refractivity contribution in [1.29, 1.82) is 0 Å². The van der Waals surface area contributed by atoms with Crippen LogP contribution in [0.3, 0.4) is 0 Å². The van der Waals surface area contributed by atoms with Gasteiger partial charge in [0.1, 0.15) is 5.82 Å². The second kappa shape index (κ2) is 3.63. The Balaban J connectivity index is 2.38. The molecule has 0 bridgehead atoms. The highest BCUT2D eigenvalue weighted by Crippen LogP contribution is 2.33. The molecule has 0 saturated heterocycles. The van der Waals surface area contributed by atoms with Gasteiger partial charge < -0.3 is 10.3 Å². The van der Waals surface area contributed by atoms with Crippen molar-refractivity contribution in [2.24, 2.45) is 14.1 Å². The average Bonchev–Trinajstić information content (AvgIpc) is 2.80. The lowest BCUT2D eigenvalue weighted by Gasteiger charge is -1.98. The lowest BCUT2D eigenvalue weighted by Crippen LogP contribution is -1.96. The van der Waals surface area contributed by atoms with E-state index in [4.69, 9.17) is 5.73 Å². The minimum Gasteiger partial charge on any atom is -0.384 e. The smallest absolute Gasteiger partial charge is 0.121 e. The molecule has 2 heterocycles. The summed E-state index contributed by atoms with van der Waals surface area (Å²) in [4.78, 5) is 0. The molecule has 1 aromatic carbocycles. The Kier molecular flexibility index (Phi) is 2.20. The topological polar surface area (TPSA) is 48.8 Å². The van der Waals surface area contributed by atoms with Crippen LogP contribution < -0.4 is 5.73 Å². The highest BCUT2D eigenvalue weighted by Gasteiger charge is 2.16. The molecule has 0 aliphatic carbocycles. The molecule has 4 heteroatoms. The van der Waals surface area contributed by atoms with Crippen molar-refractivity contribution >= 4 is 16.7 Å². The first kappa shape index (κ1) is 10.9. The first-order chi connectivity index (χ1) is 8.59. The quantitative estimate of drug-likeness (QED) is 0.710. The molecule has 0 aliphatic heterocycles. The number of para-hydroxylation sites is 1. The Morgan fingerprint density at radius 2 is 1.89 bits per heavy atom. The van der Waals surface area contributed by atoms with Gasteiger partial charge in [-0.15, -0.1) is 0 Å². The molecule has 92 valence electrons. The van der Waals surface area contributed by atoms with Crippen molar-refractivity contribution in [1.82, 2.24) is 14.3 Å². The Hall–Kier alpha value is -2.23. The van der Waals surface area contributed by atoms with Crippen molar-refractivity contribution in [2.45, 2.75) is 6.92 Å². The summed E-state index contributed by atoms with van der Waals surface area (Å²) >= 11 is 0. The van der Waals surface area contributed by atoms with E-state index in [1.165, 1.54) is 22.2 Å². The molecule has 2 aromatic heterocycles. The summed E-state index contributed by atoms with van der Waals surface area (Å²) in [7, 11) is 3.94. The minimum atomic E-state index is 0.678. The third-order valence-electron chi connectivity index (χ3n) is 3.57. The number of nitrogen functional groups attached to an aromatic ring is 1. The fraction of sp³-hybridized carbons (Fsp3) is 0.214. The zero-order chi connectivity index (χ0) is 12.9. The number of hydrogen-bond donors (Lipinski definition) is 1. The van der Waals surface area contributed by atoms with Crippen LogP contribution in [0.1, 0.15) is 5.69 Å². The monoisotopic (exact) mass is 240 g/mol. The molecular formula is C14H16N4. The van der Waals surface area contributed by atoms with Gasteiger partial charge in [0.15, 0.2) is 0 Å². The van der Waals surface area contributed by atoms with Crippen LogP contribution in [0.15, 0.2) is 30.3 Å². The van der Waals surface area contributed by atoms with E-state index < -0.39 is 0 Å². The van der Waals surface area contributed by atoms with Gasteiger partial charge in [-0.3, -0.25) is 4.68 Å². The fourth-order valence-electron chi connectivity index (χ4n) is 2.45. The van der Waals surface area contributed by atoms with Crippen LogP contribution in [0.4, 0.5) is 5.82 Å². The van der Waals surface area contributed by atoms with Crippen molar-refractivity contribution in [2.75, 3.05) is 5.73 Å². The molecule has 0 fully saturated rings. The molecular weight excluding hydrogens is 224 g/mol. The first-order valence-electron chi connectivity index (χ1n) is 5.93. The molecule has 18 heavy (non-hydrogen) atoms. The number of nitrogens with zero attached hydrogens (tertiary/aromatic N) is 3. The van der Waals surface area contributed by atoms with Crippen molar-refractivity contribution in [3.63, 3.8) is 0 Å². The molecule has 0 unspecified atom stereocenters. The standard InChI is InChI=1S/C14H16N4/c1-9-14(11-8-13(15)18(3)16-11)10-6-4-5-7-12(10)17(9)2/h4-8H,15H2,1-3H3. The average molecular weight is 240 g/mol. The van der Waals surface area contributed by atoms with Gasteiger partial charge in [0.05, 0.1) is 5.69 Å². The van der Waals surface area contributed by atoms with E-state index in [-0.39, 0.29) is 0 Å². The SMILES string of the molecule is Cc1c(-c2cc(N)n(C)n2)c2ccccc2n1C. The predicted octanol–water partition coefficient (Wildman–Crippen LogP) is 2.47. The van der Waals surface area contributed by atoms with E-state index in [0.717, 1.165) is 5.69 Å². The number of benzene rings is 1. The molecule has 0 saturated carbocycles. The summed E-state index contributed by atoms with van der Waals surface area (Å²) in [5, 5.41) is 5.70. The van der Waals surface area contributed by atoms with Gasteiger partial charge in [0.2, 0.25) is 0 Å². The van der Waals surface area contributed by atoms with Gasteiger partial charge >= 0.3 is 0 Å². The molecule has 0 radical (unpaired) electrons. The van der Waals surface area contributed by atoms with Crippen molar-refractivity contribution in [3.05, 3.63) is 36.0 Å². The van der Waals surface area contributed by atoms with Crippen LogP contribution in [0.2, 0.25) is 0 Å². The number of anilines is 1. The number of nitrogens with two attached hydrogens (primary N) is 1. The van der Waals surface area contributed by atoms with Gasteiger partial charge in [0.25, 0.3) is 0 Å². The normalized spacial score (nSPS) is 11.3. The minimum absolute atomic E-state index is 0.678. The van der Waals surface area contributed by atoms with Gasteiger partial charge in [-0.25, -0.2) is 0 Å². The van der Waals surface area contributed by atoms with Crippen molar-refractivity contribution in [3.8, 4) is 11.3 Å². The van der Waals surface area contributed by atoms with Crippen LogP contribution in [0.25, 0.3) is 22.2 Å². The molecule has 4 nitrogen and oxygen atoms in total. The van der Waals surface area contributed by atoms with Crippen LogP contribution in [0.5, 0.6) is 0 Å². The van der Waals surface area contributed by atoms with E-state index in [1.54, 1.807) is 4.68 Å². The summed E-state index contributed by atoms with van der Waals surface area (Å²) in [5.74, 6) is 0.678. The summed E-state index contributed by atoms with van der Waals surface area (Å²) in [6.45, 7) is 2.11. The number of rotatable bonds is 1. The van der Waals surface area contributed by atoms with E-state index in [9.17, 15) is 0 Å². The molecule has 0 amide bonds. The van der Waals surface area contributed by atoms with Gasteiger partial charge in [-0.2, -0.15) is 5.10 Å². The highest BCUT2D eigenvalue weighted by atomic mass is 15.3. The maximum absolute atomic E-state index is 5.87. The third kappa shape index (κ3) is 1.35. The van der Waals surface area contributed by atoms with Crippen LogP contribution >= 0.6 is 0 Å². The Morgan fingerprint density at radius 1 is 1.17 bits per heavy atom. The van der Waals surface area contributed by atoms with Crippen LogP contribution in [-0.4, -0.2) is 14.3 Å². The molecule has 2 N–H and O–H groups in total. The number of hydrogen-bond acceptors (Lipinski definition) is 2. The second-order valence-corrected chi connectivity index (χ2v) is 4.61. The van der Waals surface area contributed by atoms with E-state index in [0.29, 0.717) is 5.82 Å². The number of aryl methyl sites for hydroxylation is 2. The Labute approximate surface area is 106 Å². The summed E-state index contributed by atoms with van der Waals surface area (Å²) in [6.07, 6.45) is 0. The van der Waals surface area contributed by atoms with Crippen LogP contribution in [-0.2, 0) is 14.1 Å². The zero-order valence-electron chi connectivity index (χ0n) is 10.8. The maximum Gasteiger partial charge on any atom is 0.121 e. The molecule has 3 aromatic rings. The first-order valence-corrected chi connectivity index (χ1v) is 5.93. The predicted molar refractivity (Wildman–Crippen MR) is 74.3 cm³/mol. The Morgan fingerprint density at radius 3 is 2.56 bits per heavy atom.